The van der Waals surface area contributed by atoms with Gasteiger partial charge in [-0.05, 0) is 19.4 Å². The summed E-state index contributed by atoms with van der Waals surface area (Å²) in [7, 11) is 0. The van der Waals surface area contributed by atoms with Crippen LogP contribution in [0.4, 0.5) is 5.69 Å². The Morgan fingerprint density at radius 3 is 2.68 bits per heavy atom. The van der Waals surface area contributed by atoms with Gasteiger partial charge in [-0.15, -0.1) is 0 Å². The van der Waals surface area contributed by atoms with Gasteiger partial charge in [0.05, 0.1) is 0 Å². The van der Waals surface area contributed by atoms with Crippen molar-refractivity contribution in [3.63, 3.8) is 0 Å². The van der Waals surface area contributed by atoms with Crippen LogP contribution >= 0.6 is 0 Å². The number of carbonyl (C=O) groups is 3. The third kappa shape index (κ3) is 3.09. The number of rotatable bonds is 5. The number of nitrogens with one attached hydrogen (secondary N) is 2. The van der Waals surface area contributed by atoms with Crippen molar-refractivity contribution in [2.24, 2.45) is 0 Å². The molecule has 7 nitrogen and oxygen atoms in total. The average Bonchev–Trinajstić information content (AvgIpc) is 2.79. The van der Waals surface area contributed by atoms with Crippen LogP contribution in [0.25, 0.3) is 0 Å². The van der Waals surface area contributed by atoms with E-state index in [-0.39, 0.29) is 19.1 Å². The van der Waals surface area contributed by atoms with Gasteiger partial charge in [0.2, 0.25) is 0 Å². The first-order valence-corrected chi connectivity index (χ1v) is 7.20. The second-order valence-corrected chi connectivity index (χ2v) is 4.88. The van der Waals surface area contributed by atoms with E-state index in [1.54, 1.807) is 17.0 Å². The zero-order valence-electron chi connectivity index (χ0n) is 12.3. The van der Waals surface area contributed by atoms with Crippen LogP contribution in [0, 0.1) is 0 Å². The Hall–Kier alpha value is -2.41. The van der Waals surface area contributed by atoms with Gasteiger partial charge >= 0.3 is 11.8 Å². The quantitative estimate of drug-likeness (QED) is 0.514. The highest BCUT2D eigenvalue weighted by Crippen LogP contribution is 2.35. The van der Waals surface area contributed by atoms with Crippen molar-refractivity contribution in [2.45, 2.75) is 19.4 Å². The molecular formula is C15H19N3O4. The number of carbonyl (C=O) groups excluding carboxylic acids is 3. The molecule has 0 fully saturated rings. The van der Waals surface area contributed by atoms with E-state index in [2.05, 4.69) is 10.6 Å². The predicted octanol–water partition coefficient (Wildman–Crippen LogP) is -0.291. The van der Waals surface area contributed by atoms with Crippen LogP contribution in [0.3, 0.4) is 0 Å². The number of aliphatic hydroxyl groups excluding tert-OH is 1. The molecule has 0 aromatic heterocycles. The number of benzene rings is 1. The van der Waals surface area contributed by atoms with E-state index in [1.807, 2.05) is 19.1 Å². The SMILES string of the molecule is CCN1C(=O)[C@H](NC(=O)C(=O)NCCCO)c2ccccc21. The monoisotopic (exact) mass is 305 g/mol. The Kier molecular flexibility index (Phi) is 5.11. The zero-order chi connectivity index (χ0) is 16.1. The summed E-state index contributed by atoms with van der Waals surface area (Å²) in [5.41, 5.74) is 1.44. The van der Waals surface area contributed by atoms with Crippen molar-refractivity contribution in [1.29, 1.82) is 0 Å². The third-order valence-electron chi connectivity index (χ3n) is 3.47. The van der Waals surface area contributed by atoms with E-state index >= 15 is 0 Å². The second kappa shape index (κ2) is 7.04. The minimum atomic E-state index is -0.857. The summed E-state index contributed by atoms with van der Waals surface area (Å²) < 4.78 is 0. The molecule has 3 amide bonds. The van der Waals surface area contributed by atoms with E-state index in [0.29, 0.717) is 18.5 Å². The number of nitrogens with zero attached hydrogens (tertiary/aromatic N) is 1. The van der Waals surface area contributed by atoms with E-state index in [4.69, 9.17) is 5.11 Å². The first-order valence-electron chi connectivity index (χ1n) is 7.20. The molecule has 22 heavy (non-hydrogen) atoms. The number of aliphatic hydroxyl groups is 1. The Bertz CT molecular complexity index is 588. The summed E-state index contributed by atoms with van der Waals surface area (Å²) >= 11 is 0. The van der Waals surface area contributed by atoms with E-state index in [0.717, 1.165) is 5.69 Å². The summed E-state index contributed by atoms with van der Waals surface area (Å²) in [6, 6.07) is 6.33. The molecule has 0 saturated carbocycles. The normalized spacial score (nSPS) is 16.4. The average molecular weight is 305 g/mol. The molecule has 3 N–H and O–H groups in total. The van der Waals surface area contributed by atoms with Gasteiger partial charge in [0.1, 0.15) is 6.04 Å². The molecule has 0 radical (unpaired) electrons. The number of para-hydroxylation sites is 1. The maximum Gasteiger partial charge on any atom is 0.310 e. The number of anilines is 1. The van der Waals surface area contributed by atoms with Crippen LogP contribution in [-0.4, -0.2) is 42.5 Å². The molecule has 0 aliphatic carbocycles. The van der Waals surface area contributed by atoms with Gasteiger partial charge < -0.3 is 20.6 Å². The fourth-order valence-corrected chi connectivity index (χ4v) is 2.41. The molecular weight excluding hydrogens is 286 g/mol. The van der Waals surface area contributed by atoms with Crippen LogP contribution in [0.5, 0.6) is 0 Å². The standard InChI is InChI=1S/C15H19N3O4/c1-2-18-11-7-4-3-6-10(11)12(15(18)22)17-14(21)13(20)16-8-5-9-19/h3-4,6-7,12,19H,2,5,8-9H2,1H3,(H,16,20)(H,17,21)/t12-/m1/s1. The zero-order valence-corrected chi connectivity index (χ0v) is 12.3. The van der Waals surface area contributed by atoms with Gasteiger partial charge in [0.25, 0.3) is 5.91 Å². The molecule has 118 valence electrons. The lowest BCUT2D eigenvalue weighted by Gasteiger charge is -2.15. The first kappa shape index (κ1) is 16.0. The van der Waals surface area contributed by atoms with Crippen LogP contribution in [0.1, 0.15) is 24.9 Å². The van der Waals surface area contributed by atoms with Gasteiger partial charge in [0.15, 0.2) is 0 Å². The molecule has 2 rings (SSSR count). The van der Waals surface area contributed by atoms with Gasteiger partial charge in [-0.25, -0.2) is 0 Å². The highest BCUT2D eigenvalue weighted by molar-refractivity contribution is 6.35. The fraction of sp³-hybridized carbons (Fsp3) is 0.400. The summed E-state index contributed by atoms with van der Waals surface area (Å²) in [4.78, 5) is 37.5. The number of fused-ring (bicyclic) bond motifs is 1. The minimum absolute atomic E-state index is 0.0676. The summed E-state index contributed by atoms with van der Waals surface area (Å²) in [5, 5.41) is 13.5. The molecule has 0 bridgehead atoms. The molecule has 0 saturated heterocycles. The van der Waals surface area contributed by atoms with Crippen LogP contribution in [-0.2, 0) is 14.4 Å². The van der Waals surface area contributed by atoms with Gasteiger partial charge in [-0.2, -0.15) is 0 Å². The van der Waals surface area contributed by atoms with Crippen molar-refractivity contribution >= 4 is 23.4 Å². The third-order valence-corrected chi connectivity index (χ3v) is 3.47. The smallest absolute Gasteiger partial charge is 0.310 e. The van der Waals surface area contributed by atoms with Crippen molar-refractivity contribution in [3.05, 3.63) is 29.8 Å². The largest absolute Gasteiger partial charge is 0.396 e. The van der Waals surface area contributed by atoms with Crippen LogP contribution < -0.4 is 15.5 Å². The van der Waals surface area contributed by atoms with E-state index in [9.17, 15) is 14.4 Å². The van der Waals surface area contributed by atoms with E-state index in [1.165, 1.54) is 0 Å². The fourth-order valence-electron chi connectivity index (χ4n) is 2.41. The highest BCUT2D eigenvalue weighted by Gasteiger charge is 2.37. The Labute approximate surface area is 128 Å². The molecule has 1 heterocycles. The first-order chi connectivity index (χ1) is 10.6. The minimum Gasteiger partial charge on any atom is -0.396 e. The topological polar surface area (TPSA) is 98.7 Å². The van der Waals surface area contributed by atoms with Crippen molar-refractivity contribution in [3.8, 4) is 0 Å². The number of hydrogen-bond acceptors (Lipinski definition) is 4. The summed E-state index contributed by atoms with van der Waals surface area (Å²) in [6.45, 7) is 2.48. The second-order valence-electron chi connectivity index (χ2n) is 4.88. The molecule has 1 aromatic carbocycles. The summed E-state index contributed by atoms with van der Waals surface area (Å²) in [5.74, 6) is -1.92. The van der Waals surface area contributed by atoms with Crippen molar-refractivity contribution in [2.75, 3.05) is 24.6 Å². The molecule has 7 heteroatoms. The Morgan fingerprint density at radius 1 is 1.27 bits per heavy atom. The van der Waals surface area contributed by atoms with Gasteiger partial charge in [-0.3, -0.25) is 14.4 Å². The maximum atomic E-state index is 12.4. The molecule has 1 aromatic rings. The van der Waals surface area contributed by atoms with Gasteiger partial charge in [0, 0.05) is 30.9 Å². The lowest BCUT2D eigenvalue weighted by atomic mass is 10.1. The predicted molar refractivity (Wildman–Crippen MR) is 80.1 cm³/mol. The highest BCUT2D eigenvalue weighted by atomic mass is 16.3. The molecule has 0 unspecified atom stereocenters. The molecule has 0 spiro atoms. The van der Waals surface area contributed by atoms with Crippen molar-refractivity contribution in [1.82, 2.24) is 10.6 Å². The lowest BCUT2D eigenvalue weighted by molar-refractivity contribution is -0.140. The Balaban J connectivity index is 2.08. The molecule has 1 aliphatic heterocycles. The number of hydrogen-bond donors (Lipinski definition) is 3. The van der Waals surface area contributed by atoms with E-state index < -0.39 is 17.9 Å². The molecule has 1 atom stereocenters. The number of amides is 3. The van der Waals surface area contributed by atoms with Crippen LogP contribution in [0.15, 0.2) is 24.3 Å². The van der Waals surface area contributed by atoms with Crippen molar-refractivity contribution < 1.29 is 19.5 Å². The lowest BCUT2D eigenvalue weighted by Crippen LogP contribution is -2.44. The maximum absolute atomic E-state index is 12.4. The number of likely N-dealkylation sites (N-methyl/N-ethyl adjacent to an activating group) is 1. The van der Waals surface area contributed by atoms with Crippen LogP contribution in [0.2, 0.25) is 0 Å². The summed E-state index contributed by atoms with van der Waals surface area (Å²) in [6.07, 6.45) is 0.369. The van der Waals surface area contributed by atoms with Gasteiger partial charge in [-0.1, -0.05) is 18.2 Å². The Morgan fingerprint density at radius 2 is 2.00 bits per heavy atom. The molecule has 1 aliphatic rings.